The van der Waals surface area contributed by atoms with Gasteiger partial charge in [0.1, 0.15) is 0 Å². The van der Waals surface area contributed by atoms with Crippen molar-refractivity contribution in [2.45, 2.75) is 25.8 Å². The summed E-state index contributed by atoms with van der Waals surface area (Å²) in [7, 11) is 0. The van der Waals surface area contributed by atoms with E-state index < -0.39 is 0 Å². The van der Waals surface area contributed by atoms with Gasteiger partial charge in [0, 0.05) is 44.0 Å². The summed E-state index contributed by atoms with van der Waals surface area (Å²) >= 11 is 0. The molecule has 0 saturated carbocycles. The summed E-state index contributed by atoms with van der Waals surface area (Å²) in [6.07, 6.45) is 1.83. The number of nitrogens with one attached hydrogen (secondary N) is 2. The number of fused-ring (bicyclic) bond motifs is 1. The first kappa shape index (κ1) is 16.4. The summed E-state index contributed by atoms with van der Waals surface area (Å²) in [6.45, 7) is 8.48. The van der Waals surface area contributed by atoms with E-state index in [9.17, 15) is 4.79 Å². The number of anilines is 1. The number of benzene rings is 1. The zero-order chi connectivity index (χ0) is 16.1. The van der Waals surface area contributed by atoms with Crippen molar-refractivity contribution in [2.24, 2.45) is 0 Å². The number of hydrogen-bond donors (Lipinski definition) is 2. The maximum absolute atomic E-state index is 12.7. The van der Waals surface area contributed by atoms with Crippen molar-refractivity contribution in [3.8, 4) is 0 Å². The Balaban J connectivity index is 1.53. The van der Waals surface area contributed by atoms with E-state index >= 15 is 0 Å². The molecule has 2 heterocycles. The average Bonchev–Trinajstić information content (AvgIpc) is 3.07. The van der Waals surface area contributed by atoms with Gasteiger partial charge in [0.2, 0.25) is 0 Å². The van der Waals surface area contributed by atoms with Crippen LogP contribution in [0.15, 0.2) is 18.2 Å². The summed E-state index contributed by atoms with van der Waals surface area (Å²) < 4.78 is 5.36. The second kappa shape index (κ2) is 7.90. The van der Waals surface area contributed by atoms with Crippen LogP contribution in [0.25, 0.3) is 0 Å². The first-order valence-electron chi connectivity index (χ1n) is 8.72. The molecule has 3 rings (SSSR count). The fraction of sp³-hybridized carbons (Fsp3) is 0.611. The third-order valence-electron chi connectivity index (χ3n) is 4.75. The standard InChI is InChI=1S/C18H27N3O2/c1-2-16(20-7-8-21-9-11-23-12-10-21)18(22)15-3-4-17-14(13-15)5-6-19-17/h3-4,13,16,19-20H,2,5-12H2,1H3. The second-order valence-electron chi connectivity index (χ2n) is 6.28. The first-order valence-corrected chi connectivity index (χ1v) is 8.72. The minimum atomic E-state index is -0.0940. The van der Waals surface area contributed by atoms with E-state index in [1.807, 2.05) is 12.1 Å². The van der Waals surface area contributed by atoms with Gasteiger partial charge in [-0.1, -0.05) is 6.92 Å². The highest BCUT2D eigenvalue weighted by atomic mass is 16.5. The zero-order valence-electron chi connectivity index (χ0n) is 13.9. The quantitative estimate of drug-likeness (QED) is 0.747. The van der Waals surface area contributed by atoms with Crippen LogP contribution in [0.1, 0.15) is 29.3 Å². The molecule has 2 aliphatic rings. The Bertz CT molecular complexity index is 541. The number of Topliss-reactive ketones (excluding diaryl/α,β-unsaturated/α-hetero) is 1. The molecule has 0 aliphatic carbocycles. The van der Waals surface area contributed by atoms with Crippen LogP contribution in [-0.4, -0.2) is 62.7 Å². The van der Waals surface area contributed by atoms with E-state index in [4.69, 9.17) is 4.74 Å². The van der Waals surface area contributed by atoms with E-state index in [1.165, 1.54) is 11.3 Å². The van der Waals surface area contributed by atoms with Crippen molar-refractivity contribution in [3.63, 3.8) is 0 Å². The van der Waals surface area contributed by atoms with Gasteiger partial charge in [0.15, 0.2) is 5.78 Å². The summed E-state index contributed by atoms with van der Waals surface area (Å²) in [5.41, 5.74) is 3.27. The van der Waals surface area contributed by atoms with Crippen molar-refractivity contribution in [1.82, 2.24) is 10.2 Å². The Kier molecular flexibility index (Phi) is 5.65. The minimum Gasteiger partial charge on any atom is -0.384 e. The zero-order valence-corrected chi connectivity index (χ0v) is 13.9. The lowest BCUT2D eigenvalue weighted by Crippen LogP contribution is -2.44. The Morgan fingerprint density at radius 3 is 3.00 bits per heavy atom. The van der Waals surface area contributed by atoms with Crippen LogP contribution in [0, 0.1) is 0 Å². The van der Waals surface area contributed by atoms with Crippen molar-refractivity contribution < 1.29 is 9.53 Å². The molecule has 0 aromatic heterocycles. The monoisotopic (exact) mass is 317 g/mol. The normalized spacial score (nSPS) is 19.2. The lowest BCUT2D eigenvalue weighted by molar-refractivity contribution is 0.0380. The largest absolute Gasteiger partial charge is 0.384 e. The number of carbonyl (C=O) groups is 1. The Morgan fingerprint density at radius 1 is 1.39 bits per heavy atom. The van der Waals surface area contributed by atoms with Crippen LogP contribution >= 0.6 is 0 Å². The van der Waals surface area contributed by atoms with Gasteiger partial charge in [0.05, 0.1) is 19.3 Å². The highest BCUT2D eigenvalue weighted by Crippen LogP contribution is 2.23. The SMILES string of the molecule is CCC(NCCN1CCOCC1)C(=O)c1ccc2c(c1)CCN2. The highest BCUT2D eigenvalue weighted by molar-refractivity contribution is 6.00. The Morgan fingerprint density at radius 2 is 2.22 bits per heavy atom. The molecule has 5 nitrogen and oxygen atoms in total. The summed E-state index contributed by atoms with van der Waals surface area (Å²) in [4.78, 5) is 15.1. The van der Waals surface area contributed by atoms with Crippen LogP contribution in [0.5, 0.6) is 0 Å². The van der Waals surface area contributed by atoms with Gasteiger partial charge in [-0.05, 0) is 36.6 Å². The minimum absolute atomic E-state index is 0.0940. The molecule has 2 aliphatic heterocycles. The number of morpholine rings is 1. The van der Waals surface area contributed by atoms with Gasteiger partial charge in [-0.15, -0.1) is 0 Å². The van der Waals surface area contributed by atoms with Crippen LogP contribution in [0.4, 0.5) is 5.69 Å². The van der Waals surface area contributed by atoms with Crippen LogP contribution in [-0.2, 0) is 11.2 Å². The maximum atomic E-state index is 12.7. The van der Waals surface area contributed by atoms with Crippen molar-refractivity contribution in [1.29, 1.82) is 0 Å². The molecule has 126 valence electrons. The summed E-state index contributed by atoms with van der Waals surface area (Å²) in [5.74, 6) is 0.212. The summed E-state index contributed by atoms with van der Waals surface area (Å²) in [6, 6.07) is 5.95. The van der Waals surface area contributed by atoms with Gasteiger partial charge in [-0.3, -0.25) is 9.69 Å². The van der Waals surface area contributed by atoms with Gasteiger partial charge in [-0.25, -0.2) is 0 Å². The van der Waals surface area contributed by atoms with Gasteiger partial charge >= 0.3 is 0 Å². The highest BCUT2D eigenvalue weighted by Gasteiger charge is 2.20. The Hall–Kier alpha value is -1.43. The molecule has 0 spiro atoms. The number of hydrogen-bond acceptors (Lipinski definition) is 5. The molecule has 1 aromatic rings. The van der Waals surface area contributed by atoms with E-state index in [2.05, 4.69) is 28.5 Å². The fourth-order valence-electron chi connectivity index (χ4n) is 3.30. The van der Waals surface area contributed by atoms with Crippen molar-refractivity contribution >= 4 is 11.5 Å². The molecule has 1 aromatic carbocycles. The number of carbonyl (C=O) groups excluding carboxylic acids is 1. The van der Waals surface area contributed by atoms with Gasteiger partial charge in [0.25, 0.3) is 0 Å². The van der Waals surface area contributed by atoms with E-state index in [1.54, 1.807) is 0 Å². The predicted octanol–water partition coefficient (Wildman–Crippen LogP) is 1.54. The molecule has 0 amide bonds. The lowest BCUT2D eigenvalue weighted by Gasteiger charge is -2.27. The van der Waals surface area contributed by atoms with Gasteiger partial charge < -0.3 is 15.4 Å². The molecule has 23 heavy (non-hydrogen) atoms. The predicted molar refractivity (Wildman–Crippen MR) is 92.3 cm³/mol. The molecule has 1 atom stereocenters. The molecule has 1 fully saturated rings. The van der Waals surface area contributed by atoms with Crippen molar-refractivity contribution in [2.75, 3.05) is 51.3 Å². The number of ether oxygens (including phenoxy) is 1. The van der Waals surface area contributed by atoms with E-state index in [-0.39, 0.29) is 11.8 Å². The molecule has 0 radical (unpaired) electrons. The van der Waals surface area contributed by atoms with E-state index in [0.717, 1.165) is 64.3 Å². The molecular weight excluding hydrogens is 290 g/mol. The van der Waals surface area contributed by atoms with Crippen molar-refractivity contribution in [3.05, 3.63) is 29.3 Å². The molecule has 1 unspecified atom stereocenters. The molecule has 5 heteroatoms. The third-order valence-corrected chi connectivity index (χ3v) is 4.75. The van der Waals surface area contributed by atoms with Crippen LogP contribution in [0.2, 0.25) is 0 Å². The number of nitrogens with zero attached hydrogens (tertiary/aromatic N) is 1. The summed E-state index contributed by atoms with van der Waals surface area (Å²) in [5, 5.41) is 6.77. The second-order valence-corrected chi connectivity index (χ2v) is 6.28. The topological polar surface area (TPSA) is 53.6 Å². The van der Waals surface area contributed by atoms with Crippen LogP contribution in [0.3, 0.4) is 0 Å². The van der Waals surface area contributed by atoms with Gasteiger partial charge in [-0.2, -0.15) is 0 Å². The van der Waals surface area contributed by atoms with E-state index in [0.29, 0.717) is 0 Å². The maximum Gasteiger partial charge on any atom is 0.179 e. The average molecular weight is 317 g/mol. The molecule has 1 saturated heterocycles. The van der Waals surface area contributed by atoms with Crippen LogP contribution < -0.4 is 10.6 Å². The number of ketones is 1. The molecule has 2 N–H and O–H groups in total. The first-order chi connectivity index (χ1) is 11.3. The molecule has 0 bridgehead atoms. The molecular formula is C18H27N3O2. The Labute approximate surface area is 138 Å². The third kappa shape index (κ3) is 4.10. The number of rotatable bonds is 7. The lowest BCUT2D eigenvalue weighted by atomic mass is 9.99. The fourth-order valence-corrected chi connectivity index (χ4v) is 3.30. The smallest absolute Gasteiger partial charge is 0.179 e.